The van der Waals surface area contributed by atoms with E-state index in [0.717, 1.165) is 33.1 Å². The first-order valence-corrected chi connectivity index (χ1v) is 10.4. The average molecular weight is 418 g/mol. The highest BCUT2D eigenvalue weighted by molar-refractivity contribution is 7.15. The molecule has 2 aromatic heterocycles. The summed E-state index contributed by atoms with van der Waals surface area (Å²) in [5, 5.41) is 3.80. The summed E-state index contributed by atoms with van der Waals surface area (Å²) in [6, 6.07) is 17.6. The van der Waals surface area contributed by atoms with E-state index in [-0.39, 0.29) is 5.56 Å². The number of pyridine rings is 1. The molecule has 0 unspecified atom stereocenters. The number of hydrogen-bond acceptors (Lipinski definition) is 4. The number of anilines is 1. The third-order valence-corrected chi connectivity index (χ3v) is 5.86. The maximum atomic E-state index is 13.4. The van der Waals surface area contributed by atoms with Crippen LogP contribution in [0.3, 0.4) is 0 Å². The molecule has 0 saturated heterocycles. The maximum absolute atomic E-state index is 13.4. The average Bonchev–Trinajstić information content (AvgIpc) is 3.19. The van der Waals surface area contributed by atoms with Gasteiger partial charge in [0.2, 0.25) is 0 Å². The number of halogens is 1. The monoisotopic (exact) mass is 417 g/mol. The predicted molar refractivity (Wildman–Crippen MR) is 119 cm³/mol. The number of carbonyl (C=O) groups excluding carboxylic acids is 1. The van der Waals surface area contributed by atoms with Crippen LogP contribution in [0.2, 0.25) is 0 Å². The molecule has 0 bridgehead atoms. The van der Waals surface area contributed by atoms with Gasteiger partial charge < -0.3 is 5.32 Å². The van der Waals surface area contributed by atoms with Gasteiger partial charge in [-0.25, -0.2) is 14.4 Å². The molecule has 0 aliphatic heterocycles. The van der Waals surface area contributed by atoms with Crippen molar-refractivity contribution in [2.45, 2.75) is 20.3 Å². The van der Waals surface area contributed by atoms with E-state index in [1.54, 1.807) is 23.6 Å². The molecular weight excluding hydrogens is 397 g/mol. The van der Waals surface area contributed by atoms with Crippen LogP contribution in [0.15, 0.2) is 66.9 Å². The molecule has 0 radical (unpaired) electrons. The SMILES string of the molecule is CCc1nc(-c2cccc(C)c2)c(-c2ccnc(NC(=O)c3cccc(F)c3)c2)s1. The Morgan fingerprint density at radius 1 is 1.07 bits per heavy atom. The fraction of sp³-hybridized carbons (Fsp3) is 0.125. The second-order valence-corrected chi connectivity index (χ2v) is 7.99. The van der Waals surface area contributed by atoms with E-state index in [4.69, 9.17) is 4.98 Å². The molecule has 0 saturated carbocycles. The Morgan fingerprint density at radius 2 is 1.90 bits per heavy atom. The van der Waals surface area contributed by atoms with E-state index < -0.39 is 11.7 Å². The van der Waals surface area contributed by atoms with Crippen molar-refractivity contribution in [1.29, 1.82) is 0 Å². The molecule has 30 heavy (non-hydrogen) atoms. The van der Waals surface area contributed by atoms with Crippen molar-refractivity contribution in [2.24, 2.45) is 0 Å². The van der Waals surface area contributed by atoms with Crippen molar-refractivity contribution in [3.05, 3.63) is 88.8 Å². The molecule has 4 nitrogen and oxygen atoms in total. The van der Waals surface area contributed by atoms with Crippen LogP contribution < -0.4 is 5.32 Å². The van der Waals surface area contributed by atoms with Gasteiger partial charge in [-0.05, 0) is 55.3 Å². The number of carbonyl (C=O) groups is 1. The van der Waals surface area contributed by atoms with Crippen LogP contribution in [-0.4, -0.2) is 15.9 Å². The van der Waals surface area contributed by atoms with Crippen LogP contribution in [0, 0.1) is 12.7 Å². The summed E-state index contributed by atoms with van der Waals surface area (Å²) in [6.07, 6.45) is 2.50. The van der Waals surface area contributed by atoms with Crippen LogP contribution in [-0.2, 0) is 6.42 Å². The molecule has 2 heterocycles. The fourth-order valence-corrected chi connectivity index (χ4v) is 4.18. The first-order chi connectivity index (χ1) is 14.5. The maximum Gasteiger partial charge on any atom is 0.256 e. The highest BCUT2D eigenvalue weighted by Gasteiger charge is 2.16. The first kappa shape index (κ1) is 19.9. The van der Waals surface area contributed by atoms with Crippen molar-refractivity contribution in [3.8, 4) is 21.7 Å². The zero-order valence-electron chi connectivity index (χ0n) is 16.6. The Labute approximate surface area is 178 Å². The van der Waals surface area contributed by atoms with Crippen molar-refractivity contribution < 1.29 is 9.18 Å². The van der Waals surface area contributed by atoms with Gasteiger partial charge in [-0.15, -0.1) is 11.3 Å². The molecule has 2 aromatic carbocycles. The number of hydrogen-bond donors (Lipinski definition) is 1. The summed E-state index contributed by atoms with van der Waals surface area (Å²) in [6.45, 7) is 4.14. The van der Waals surface area contributed by atoms with Gasteiger partial charge in [0.1, 0.15) is 11.6 Å². The summed E-state index contributed by atoms with van der Waals surface area (Å²) in [5.74, 6) is -0.455. The summed E-state index contributed by atoms with van der Waals surface area (Å²) in [4.78, 5) is 22.6. The Morgan fingerprint density at radius 3 is 2.67 bits per heavy atom. The number of thiazole rings is 1. The van der Waals surface area contributed by atoms with Crippen molar-refractivity contribution in [2.75, 3.05) is 5.32 Å². The summed E-state index contributed by atoms with van der Waals surface area (Å²) < 4.78 is 13.4. The highest BCUT2D eigenvalue weighted by Crippen LogP contribution is 2.37. The number of benzene rings is 2. The Kier molecular flexibility index (Phi) is 5.68. The normalized spacial score (nSPS) is 10.8. The summed E-state index contributed by atoms with van der Waals surface area (Å²) in [7, 11) is 0. The minimum Gasteiger partial charge on any atom is -0.307 e. The molecule has 0 aliphatic carbocycles. The highest BCUT2D eigenvalue weighted by atomic mass is 32.1. The Bertz CT molecular complexity index is 1220. The first-order valence-electron chi connectivity index (χ1n) is 9.63. The molecule has 6 heteroatoms. The standard InChI is InChI=1S/C24H20FN3OS/c1-3-21-28-22(16-7-4-6-15(2)12-16)23(30-21)17-10-11-26-20(14-17)27-24(29)18-8-5-9-19(25)13-18/h4-14H,3H2,1-2H3,(H,26,27,29). The lowest BCUT2D eigenvalue weighted by Crippen LogP contribution is -2.13. The van der Waals surface area contributed by atoms with E-state index in [9.17, 15) is 9.18 Å². The molecule has 0 spiro atoms. The van der Waals surface area contributed by atoms with Crippen LogP contribution >= 0.6 is 11.3 Å². The fourth-order valence-electron chi connectivity index (χ4n) is 3.16. The van der Waals surface area contributed by atoms with Gasteiger partial charge in [0, 0.05) is 17.3 Å². The van der Waals surface area contributed by atoms with Gasteiger partial charge >= 0.3 is 0 Å². The Balaban J connectivity index is 1.69. The number of amides is 1. The van der Waals surface area contributed by atoms with Crippen LogP contribution in [0.4, 0.5) is 10.2 Å². The van der Waals surface area contributed by atoms with Gasteiger partial charge in [0.25, 0.3) is 5.91 Å². The predicted octanol–water partition coefficient (Wildman–Crippen LogP) is 6.13. The zero-order valence-corrected chi connectivity index (χ0v) is 17.5. The molecule has 0 fully saturated rings. The van der Waals surface area contributed by atoms with Crippen molar-refractivity contribution in [3.63, 3.8) is 0 Å². The van der Waals surface area contributed by atoms with E-state index in [1.165, 1.54) is 23.8 Å². The number of aromatic nitrogens is 2. The van der Waals surface area contributed by atoms with E-state index >= 15 is 0 Å². The quantitative estimate of drug-likeness (QED) is 0.425. The molecule has 4 rings (SSSR count). The van der Waals surface area contributed by atoms with Crippen LogP contribution in [0.25, 0.3) is 21.7 Å². The number of nitrogens with one attached hydrogen (secondary N) is 1. The third kappa shape index (κ3) is 4.28. The van der Waals surface area contributed by atoms with Gasteiger partial charge in [-0.2, -0.15) is 0 Å². The number of nitrogens with zero attached hydrogens (tertiary/aromatic N) is 2. The molecule has 0 aliphatic rings. The van der Waals surface area contributed by atoms with Crippen LogP contribution in [0.1, 0.15) is 27.9 Å². The zero-order chi connectivity index (χ0) is 21.1. The van der Waals surface area contributed by atoms with E-state index in [0.29, 0.717) is 5.82 Å². The largest absolute Gasteiger partial charge is 0.307 e. The smallest absolute Gasteiger partial charge is 0.256 e. The minimum absolute atomic E-state index is 0.244. The van der Waals surface area contributed by atoms with E-state index in [1.807, 2.05) is 18.2 Å². The summed E-state index contributed by atoms with van der Waals surface area (Å²) >= 11 is 1.64. The lowest BCUT2D eigenvalue weighted by molar-refractivity contribution is 0.102. The Hall–Kier alpha value is -3.38. The molecule has 4 aromatic rings. The van der Waals surface area contributed by atoms with Crippen LogP contribution in [0.5, 0.6) is 0 Å². The van der Waals surface area contributed by atoms with Crippen molar-refractivity contribution in [1.82, 2.24) is 9.97 Å². The molecular formula is C24H20FN3OS. The van der Waals surface area contributed by atoms with Crippen molar-refractivity contribution >= 4 is 23.1 Å². The molecule has 0 atom stereocenters. The molecule has 1 N–H and O–H groups in total. The lowest BCUT2D eigenvalue weighted by Gasteiger charge is -2.08. The lowest BCUT2D eigenvalue weighted by atomic mass is 10.1. The minimum atomic E-state index is -0.455. The molecule has 1 amide bonds. The summed E-state index contributed by atoms with van der Waals surface area (Å²) in [5.41, 5.74) is 4.32. The number of aryl methyl sites for hydroxylation is 2. The van der Waals surface area contributed by atoms with Gasteiger partial charge in [-0.1, -0.05) is 36.8 Å². The van der Waals surface area contributed by atoms with E-state index in [2.05, 4.69) is 42.3 Å². The van der Waals surface area contributed by atoms with Gasteiger partial charge in [0.05, 0.1) is 15.6 Å². The third-order valence-electron chi connectivity index (χ3n) is 4.62. The molecule has 150 valence electrons. The second-order valence-electron chi connectivity index (χ2n) is 6.90. The van der Waals surface area contributed by atoms with Gasteiger partial charge in [0.15, 0.2) is 0 Å². The number of rotatable bonds is 5. The van der Waals surface area contributed by atoms with Gasteiger partial charge in [-0.3, -0.25) is 4.79 Å². The topological polar surface area (TPSA) is 54.9 Å². The second kappa shape index (κ2) is 8.55.